The summed E-state index contributed by atoms with van der Waals surface area (Å²) >= 11 is 0. The molecule has 2 atom stereocenters. The number of fused-ring (bicyclic) bond motifs is 1. The van der Waals surface area contributed by atoms with E-state index in [1.54, 1.807) is 0 Å². The third-order valence-electron chi connectivity index (χ3n) is 3.94. The van der Waals surface area contributed by atoms with Gasteiger partial charge in [0.25, 0.3) is 11.4 Å². The molecule has 0 N–H and O–H groups in total. The first-order chi connectivity index (χ1) is 15.1. The molecule has 0 saturated carbocycles. The maximum atomic E-state index is 13.5. The monoisotopic (exact) mass is 531 g/mol. The lowest BCUT2D eigenvalue weighted by Crippen LogP contribution is -2.42. The normalized spacial score (nSPS) is 18.8. The van der Waals surface area contributed by atoms with Crippen LogP contribution in [0.2, 0.25) is 0 Å². The smallest absolute Gasteiger partial charge is 0.430 e. The van der Waals surface area contributed by atoms with Gasteiger partial charge in [-0.15, -0.1) is 10.1 Å². The van der Waals surface area contributed by atoms with E-state index in [1.165, 1.54) is 0 Å². The fraction of sp³-hybridized carbons (Fsp3) is 0.375. The van der Waals surface area contributed by atoms with Crippen LogP contribution in [0.5, 0.6) is 5.75 Å². The SMILES string of the molecule is CC(=O)OC(CO[N+](=O)[O-])OC(=O)C1=Cc2cc(S(F)(F)(F)(F)F)cc(C)c2OC1C(F)(F)F. The molecule has 1 aromatic carbocycles. The van der Waals surface area contributed by atoms with Crippen molar-refractivity contribution in [2.45, 2.75) is 37.3 Å². The number of hydrogen-bond acceptors (Lipinski definition) is 8. The first kappa shape index (κ1) is 26.9. The summed E-state index contributed by atoms with van der Waals surface area (Å²) in [5.74, 6) is -4.06. The largest absolute Gasteiger partial charge is 0.475 e. The van der Waals surface area contributed by atoms with Gasteiger partial charge in [0, 0.05) is 12.5 Å². The lowest BCUT2D eigenvalue weighted by Gasteiger charge is -2.41. The molecular weight excluding hydrogens is 518 g/mol. The first-order valence-corrected chi connectivity index (χ1v) is 10.5. The van der Waals surface area contributed by atoms with E-state index in [9.17, 15) is 52.3 Å². The number of rotatable bonds is 7. The van der Waals surface area contributed by atoms with E-state index in [0.717, 1.165) is 13.8 Å². The van der Waals surface area contributed by atoms with Gasteiger partial charge in [-0.05, 0) is 30.7 Å². The maximum absolute atomic E-state index is 13.5. The van der Waals surface area contributed by atoms with Crippen LogP contribution < -0.4 is 4.74 Å². The van der Waals surface area contributed by atoms with Crippen molar-refractivity contribution in [3.8, 4) is 5.75 Å². The van der Waals surface area contributed by atoms with Crippen LogP contribution in [-0.4, -0.2) is 42.2 Å². The molecule has 192 valence electrons. The third kappa shape index (κ3) is 6.61. The van der Waals surface area contributed by atoms with E-state index in [0.29, 0.717) is 0 Å². The lowest BCUT2D eigenvalue weighted by molar-refractivity contribution is -0.760. The molecule has 0 bridgehead atoms. The Balaban J connectivity index is 2.56. The Hall–Kier alpha value is -3.31. The third-order valence-corrected chi connectivity index (χ3v) is 5.06. The van der Waals surface area contributed by atoms with Crippen molar-refractivity contribution >= 4 is 28.2 Å². The summed E-state index contributed by atoms with van der Waals surface area (Å²) in [5, 5.41) is 8.86. The predicted molar refractivity (Wildman–Crippen MR) is 95.6 cm³/mol. The average molecular weight is 531 g/mol. The summed E-state index contributed by atoms with van der Waals surface area (Å²) in [6.07, 6.45) is -10.6. The summed E-state index contributed by atoms with van der Waals surface area (Å²) < 4.78 is 120. The zero-order valence-electron chi connectivity index (χ0n) is 16.7. The highest BCUT2D eigenvalue weighted by Crippen LogP contribution is 3.02. The molecule has 0 fully saturated rings. The number of ether oxygens (including phenoxy) is 3. The van der Waals surface area contributed by atoms with Crippen molar-refractivity contribution in [3.63, 3.8) is 0 Å². The number of hydrogen-bond donors (Lipinski definition) is 0. The summed E-state index contributed by atoms with van der Waals surface area (Å²) in [7, 11) is -10.3. The van der Waals surface area contributed by atoms with Crippen molar-refractivity contribution < 1.29 is 66.3 Å². The minimum atomic E-state index is -10.3. The Kier molecular flexibility index (Phi) is 6.24. The minimum absolute atomic E-state index is 0.101. The minimum Gasteiger partial charge on any atom is -0.475 e. The quantitative estimate of drug-likeness (QED) is 0.159. The van der Waals surface area contributed by atoms with Crippen LogP contribution in [0.3, 0.4) is 0 Å². The number of alkyl halides is 3. The van der Waals surface area contributed by atoms with Crippen molar-refractivity contribution in [1.82, 2.24) is 0 Å². The molecule has 0 saturated heterocycles. The van der Waals surface area contributed by atoms with Crippen LogP contribution in [0.4, 0.5) is 32.6 Å². The molecule has 2 unspecified atom stereocenters. The molecule has 0 spiro atoms. The Labute approximate surface area is 184 Å². The second kappa shape index (κ2) is 7.88. The zero-order valence-corrected chi connectivity index (χ0v) is 17.6. The molecule has 0 aliphatic carbocycles. The Morgan fingerprint density at radius 1 is 1.18 bits per heavy atom. The van der Waals surface area contributed by atoms with Gasteiger partial charge < -0.3 is 19.0 Å². The Morgan fingerprint density at radius 2 is 1.76 bits per heavy atom. The molecule has 1 aromatic rings. The van der Waals surface area contributed by atoms with Crippen LogP contribution in [-0.2, 0) is 23.9 Å². The van der Waals surface area contributed by atoms with Crippen LogP contribution >= 0.6 is 10.2 Å². The highest BCUT2D eigenvalue weighted by molar-refractivity contribution is 8.45. The molecule has 18 heteroatoms. The Morgan fingerprint density at radius 3 is 2.24 bits per heavy atom. The number of halogens is 8. The van der Waals surface area contributed by atoms with E-state index in [-0.39, 0.29) is 18.2 Å². The van der Waals surface area contributed by atoms with E-state index >= 15 is 0 Å². The van der Waals surface area contributed by atoms with Crippen molar-refractivity contribution in [3.05, 3.63) is 38.9 Å². The van der Waals surface area contributed by atoms with Gasteiger partial charge in [-0.25, -0.2) is 4.79 Å². The van der Waals surface area contributed by atoms with Crippen LogP contribution in [0.15, 0.2) is 22.6 Å². The van der Waals surface area contributed by atoms with Gasteiger partial charge in [0.15, 0.2) is 6.61 Å². The van der Waals surface area contributed by atoms with Crippen molar-refractivity contribution in [2.75, 3.05) is 6.61 Å². The molecule has 0 amide bonds. The van der Waals surface area contributed by atoms with Gasteiger partial charge in [0.1, 0.15) is 10.6 Å². The van der Waals surface area contributed by atoms with Gasteiger partial charge >= 0.3 is 28.3 Å². The highest BCUT2D eigenvalue weighted by Gasteiger charge is 2.65. The number of nitrogens with zero attached hydrogens (tertiary/aromatic N) is 1. The summed E-state index contributed by atoms with van der Waals surface area (Å²) in [5.41, 5.74) is -3.21. The molecule has 34 heavy (non-hydrogen) atoms. The van der Waals surface area contributed by atoms with E-state index in [2.05, 4.69) is 19.0 Å². The summed E-state index contributed by atoms with van der Waals surface area (Å²) in [6.45, 7) is 0.254. The molecule has 1 aliphatic heterocycles. The van der Waals surface area contributed by atoms with Crippen molar-refractivity contribution in [1.29, 1.82) is 0 Å². The first-order valence-electron chi connectivity index (χ1n) is 8.57. The zero-order chi connectivity index (χ0) is 26.3. The van der Waals surface area contributed by atoms with Gasteiger partial charge in [0.05, 0.1) is 5.57 Å². The van der Waals surface area contributed by atoms with Crippen LogP contribution in [0.25, 0.3) is 6.08 Å². The molecule has 0 aromatic heterocycles. The highest BCUT2D eigenvalue weighted by atomic mass is 32.5. The molecule has 1 heterocycles. The number of aryl methyl sites for hydroxylation is 1. The number of carbonyl (C=O) groups is 2. The van der Waals surface area contributed by atoms with Crippen molar-refractivity contribution in [2.24, 2.45) is 0 Å². The average Bonchev–Trinajstić information content (AvgIpc) is 2.61. The van der Waals surface area contributed by atoms with Gasteiger partial charge in [0.2, 0.25) is 6.10 Å². The van der Waals surface area contributed by atoms with Gasteiger partial charge in [-0.2, -0.15) is 13.2 Å². The molecule has 1 aliphatic rings. The lowest BCUT2D eigenvalue weighted by atomic mass is 9.99. The molecular formula is C16H13F8NO8S. The molecule has 9 nitrogen and oxygen atoms in total. The van der Waals surface area contributed by atoms with E-state index < -0.39 is 79.8 Å². The van der Waals surface area contributed by atoms with E-state index in [1.807, 2.05) is 0 Å². The number of benzene rings is 1. The van der Waals surface area contributed by atoms with Gasteiger partial charge in [-0.3, -0.25) is 4.79 Å². The fourth-order valence-corrected chi connectivity index (χ4v) is 3.43. The standard InChI is InChI=1S/C16H13F8NO8S/c1-7-3-10(34(20,21,22,23)24)4-9-5-11(14(16(17,18)19)33-13(7)9)15(27)32-12(31-8(2)26)6-30-25(28)29/h3-5,12,14H,6H2,1-2H3. The topological polar surface area (TPSA) is 114 Å². The fourth-order valence-electron chi connectivity index (χ4n) is 2.68. The van der Waals surface area contributed by atoms with E-state index in [4.69, 9.17) is 0 Å². The molecule has 2 rings (SSSR count). The maximum Gasteiger partial charge on any atom is 0.430 e. The second-order valence-electron chi connectivity index (χ2n) is 6.73. The summed E-state index contributed by atoms with van der Waals surface area (Å²) in [4.78, 5) is 35.0. The second-order valence-corrected chi connectivity index (χ2v) is 9.14. The molecule has 0 radical (unpaired) electrons. The predicted octanol–water partition coefficient (Wildman–Crippen LogP) is 5.00. The number of carbonyl (C=O) groups excluding carboxylic acids is 2. The van der Waals surface area contributed by atoms with Crippen LogP contribution in [0, 0.1) is 17.0 Å². The van der Waals surface area contributed by atoms with Crippen LogP contribution in [0.1, 0.15) is 18.1 Å². The van der Waals surface area contributed by atoms with Gasteiger partial charge in [-0.1, -0.05) is 19.4 Å². The Bertz CT molecular complexity index is 1070. The number of esters is 2. The summed E-state index contributed by atoms with van der Waals surface area (Å²) in [6, 6.07) is -0.306.